The summed E-state index contributed by atoms with van der Waals surface area (Å²) in [6.07, 6.45) is 4.03. The Kier molecular flexibility index (Phi) is 5.23. The highest BCUT2D eigenvalue weighted by Gasteiger charge is 2.07. The van der Waals surface area contributed by atoms with Gasteiger partial charge in [-0.2, -0.15) is 0 Å². The molecule has 1 aromatic carbocycles. The number of nitrogens with one attached hydrogen (secondary N) is 1. The Bertz CT molecular complexity index is 1120. The van der Waals surface area contributed by atoms with Gasteiger partial charge in [0.2, 0.25) is 0 Å². The molecule has 0 aliphatic rings. The van der Waals surface area contributed by atoms with Gasteiger partial charge in [-0.1, -0.05) is 23.7 Å². The van der Waals surface area contributed by atoms with E-state index < -0.39 is 0 Å². The first-order valence-corrected chi connectivity index (χ1v) is 9.35. The van der Waals surface area contributed by atoms with E-state index in [1.165, 1.54) is 0 Å². The predicted molar refractivity (Wildman–Crippen MR) is 110 cm³/mol. The zero-order valence-electron chi connectivity index (χ0n) is 15.4. The van der Waals surface area contributed by atoms with Crippen LogP contribution in [0, 0.1) is 6.92 Å². The monoisotopic (exact) mass is 393 g/mol. The van der Waals surface area contributed by atoms with E-state index in [9.17, 15) is 0 Å². The first-order chi connectivity index (χ1) is 13.6. The third kappa shape index (κ3) is 4.30. The fourth-order valence-electron chi connectivity index (χ4n) is 3.07. The van der Waals surface area contributed by atoms with Crippen LogP contribution in [0.3, 0.4) is 0 Å². The topological polar surface area (TPSA) is 89.9 Å². The molecule has 3 N–H and O–H groups in total. The number of pyridine rings is 2. The van der Waals surface area contributed by atoms with Crippen molar-refractivity contribution >= 4 is 28.3 Å². The van der Waals surface area contributed by atoms with Crippen LogP contribution in [0.4, 0.5) is 5.82 Å². The molecule has 0 radical (unpaired) electrons. The van der Waals surface area contributed by atoms with Crippen LogP contribution in [0.2, 0.25) is 5.02 Å². The fraction of sp³-hybridized carbons (Fsp3) is 0.190. The van der Waals surface area contributed by atoms with Gasteiger partial charge in [0, 0.05) is 30.2 Å². The van der Waals surface area contributed by atoms with Gasteiger partial charge >= 0.3 is 0 Å². The molecular weight excluding hydrogens is 374 g/mol. The molecule has 4 rings (SSSR count). The van der Waals surface area contributed by atoms with Crippen molar-refractivity contribution < 1.29 is 4.42 Å². The second-order valence-electron chi connectivity index (χ2n) is 6.66. The Hall–Kier alpha value is -2.96. The number of fused-ring (bicyclic) bond motifs is 1. The fourth-order valence-corrected chi connectivity index (χ4v) is 3.23. The van der Waals surface area contributed by atoms with E-state index in [1.807, 2.05) is 37.3 Å². The second kappa shape index (κ2) is 7.96. The van der Waals surface area contributed by atoms with E-state index in [2.05, 4.69) is 26.3 Å². The van der Waals surface area contributed by atoms with Crippen molar-refractivity contribution in [1.82, 2.24) is 20.3 Å². The molecule has 142 valence electrons. The Morgan fingerprint density at radius 1 is 1.07 bits per heavy atom. The maximum Gasteiger partial charge on any atom is 0.198 e. The first kappa shape index (κ1) is 18.4. The number of hydrogen-bond donors (Lipinski definition) is 2. The number of rotatable bonds is 6. The van der Waals surface area contributed by atoms with E-state index in [0.717, 1.165) is 33.5 Å². The van der Waals surface area contributed by atoms with Crippen LogP contribution in [0.15, 0.2) is 53.2 Å². The molecule has 3 aromatic heterocycles. The van der Waals surface area contributed by atoms with E-state index in [0.29, 0.717) is 36.2 Å². The lowest BCUT2D eigenvalue weighted by Gasteiger charge is -2.06. The lowest BCUT2D eigenvalue weighted by molar-refractivity contribution is 0.446. The van der Waals surface area contributed by atoms with Crippen molar-refractivity contribution in [1.29, 1.82) is 0 Å². The minimum absolute atomic E-state index is 0.535. The minimum Gasteiger partial charge on any atom is -0.444 e. The predicted octanol–water partition coefficient (Wildman–Crippen LogP) is 4.04. The van der Waals surface area contributed by atoms with E-state index in [4.69, 9.17) is 21.8 Å². The number of hydrogen-bond acceptors (Lipinski definition) is 6. The molecule has 0 bridgehead atoms. The minimum atomic E-state index is 0.535. The van der Waals surface area contributed by atoms with Gasteiger partial charge in [0.15, 0.2) is 5.89 Å². The number of nitrogens with two attached hydrogens (primary N) is 1. The number of oxazole rings is 1. The zero-order valence-corrected chi connectivity index (χ0v) is 16.2. The highest BCUT2D eigenvalue weighted by Crippen LogP contribution is 2.20. The van der Waals surface area contributed by atoms with Crippen LogP contribution in [0.25, 0.3) is 10.9 Å². The number of nitrogens with zero attached hydrogens (tertiary/aromatic N) is 3. The van der Waals surface area contributed by atoms with Crippen LogP contribution in [-0.2, 0) is 19.5 Å². The number of anilines is 1. The van der Waals surface area contributed by atoms with Gasteiger partial charge < -0.3 is 15.5 Å². The number of nitrogen functional groups attached to an aromatic ring is 1. The Morgan fingerprint density at radius 2 is 1.96 bits per heavy atom. The Morgan fingerprint density at radius 3 is 2.82 bits per heavy atom. The Balaban J connectivity index is 1.37. The highest BCUT2D eigenvalue weighted by atomic mass is 35.5. The maximum absolute atomic E-state index is 6.03. The molecule has 0 atom stereocenters. The number of benzene rings is 1. The molecule has 0 amide bonds. The SMILES string of the molecule is Cc1nc(N)ccc1CNCc1cnc(Cc2ccc3ncc(Cl)cc3c2)o1. The van der Waals surface area contributed by atoms with E-state index in [-0.39, 0.29) is 0 Å². The van der Waals surface area contributed by atoms with Crippen LogP contribution >= 0.6 is 11.6 Å². The summed E-state index contributed by atoms with van der Waals surface area (Å²) in [7, 11) is 0. The molecular formula is C21H20ClN5O. The standard InChI is InChI=1S/C21H20ClN5O/c1-13-15(3-5-20(23)27-13)9-24-11-18-12-26-21(28-18)7-14-2-4-19-16(6-14)8-17(22)10-25-19/h2-6,8,10,12,24H,7,9,11H2,1H3,(H2,23,27). The van der Waals surface area contributed by atoms with Crippen LogP contribution in [0.5, 0.6) is 0 Å². The average molecular weight is 394 g/mol. The van der Waals surface area contributed by atoms with Crippen molar-refractivity contribution in [2.45, 2.75) is 26.4 Å². The first-order valence-electron chi connectivity index (χ1n) is 8.97. The summed E-state index contributed by atoms with van der Waals surface area (Å²) in [4.78, 5) is 13.0. The normalized spacial score (nSPS) is 11.2. The quantitative estimate of drug-likeness (QED) is 0.513. The molecule has 0 spiro atoms. The van der Waals surface area contributed by atoms with Gasteiger partial charge in [-0.15, -0.1) is 0 Å². The second-order valence-corrected chi connectivity index (χ2v) is 7.10. The average Bonchev–Trinajstić information content (AvgIpc) is 3.10. The van der Waals surface area contributed by atoms with Gasteiger partial charge in [-0.05, 0) is 42.3 Å². The van der Waals surface area contributed by atoms with Gasteiger partial charge in [-0.3, -0.25) is 4.98 Å². The molecule has 0 saturated carbocycles. The van der Waals surface area contributed by atoms with Crippen molar-refractivity contribution in [3.8, 4) is 0 Å². The molecule has 0 aliphatic heterocycles. The van der Waals surface area contributed by atoms with Crippen molar-refractivity contribution in [3.63, 3.8) is 0 Å². The summed E-state index contributed by atoms with van der Waals surface area (Å²) in [5, 5.41) is 4.98. The maximum atomic E-state index is 6.03. The third-order valence-electron chi connectivity index (χ3n) is 4.50. The smallest absolute Gasteiger partial charge is 0.198 e. The molecule has 0 fully saturated rings. The summed E-state index contributed by atoms with van der Waals surface area (Å²) in [5.74, 6) is 2.01. The molecule has 0 saturated heterocycles. The molecule has 0 unspecified atom stereocenters. The molecule has 4 aromatic rings. The summed E-state index contributed by atoms with van der Waals surface area (Å²) >= 11 is 6.03. The van der Waals surface area contributed by atoms with Gasteiger partial charge in [0.1, 0.15) is 11.6 Å². The van der Waals surface area contributed by atoms with Crippen molar-refractivity contribution in [2.24, 2.45) is 0 Å². The van der Waals surface area contributed by atoms with Gasteiger partial charge in [-0.25, -0.2) is 9.97 Å². The molecule has 6 nitrogen and oxygen atoms in total. The lowest BCUT2D eigenvalue weighted by atomic mass is 10.1. The van der Waals surface area contributed by atoms with Crippen LogP contribution < -0.4 is 11.1 Å². The number of aryl methyl sites for hydroxylation is 1. The third-order valence-corrected chi connectivity index (χ3v) is 4.71. The molecule has 0 aliphatic carbocycles. The van der Waals surface area contributed by atoms with E-state index >= 15 is 0 Å². The summed E-state index contributed by atoms with van der Waals surface area (Å²) < 4.78 is 5.86. The number of halogens is 1. The van der Waals surface area contributed by atoms with Crippen LogP contribution in [-0.4, -0.2) is 15.0 Å². The largest absolute Gasteiger partial charge is 0.444 e. The Labute approximate surface area is 167 Å². The molecule has 28 heavy (non-hydrogen) atoms. The van der Waals surface area contributed by atoms with Crippen LogP contribution in [0.1, 0.15) is 28.5 Å². The summed E-state index contributed by atoms with van der Waals surface area (Å²) in [6, 6.07) is 11.8. The lowest BCUT2D eigenvalue weighted by Crippen LogP contribution is -2.13. The van der Waals surface area contributed by atoms with E-state index in [1.54, 1.807) is 12.4 Å². The van der Waals surface area contributed by atoms with Crippen molar-refractivity contribution in [2.75, 3.05) is 5.73 Å². The molecule has 3 heterocycles. The zero-order chi connectivity index (χ0) is 19.5. The summed E-state index contributed by atoms with van der Waals surface area (Å²) in [5.41, 5.74) is 9.74. The summed E-state index contributed by atoms with van der Waals surface area (Å²) in [6.45, 7) is 3.23. The highest BCUT2D eigenvalue weighted by molar-refractivity contribution is 6.31. The molecule has 7 heteroatoms. The number of aromatic nitrogens is 3. The van der Waals surface area contributed by atoms with Crippen molar-refractivity contribution in [3.05, 3.63) is 82.3 Å². The van der Waals surface area contributed by atoms with Gasteiger partial charge in [0.25, 0.3) is 0 Å². The van der Waals surface area contributed by atoms with Gasteiger partial charge in [0.05, 0.1) is 23.3 Å².